The first-order chi connectivity index (χ1) is 15.5. The lowest BCUT2D eigenvalue weighted by atomic mass is 9.86. The number of benzene rings is 2. The van der Waals surface area contributed by atoms with E-state index in [2.05, 4.69) is 4.90 Å². The lowest BCUT2D eigenvalue weighted by molar-refractivity contribution is -0.137. The molecule has 33 heavy (non-hydrogen) atoms. The Morgan fingerprint density at radius 2 is 1.85 bits per heavy atom. The van der Waals surface area contributed by atoms with Gasteiger partial charge in [-0.25, -0.2) is 4.79 Å². The number of hydrogen-bond acceptors (Lipinski definition) is 3. The van der Waals surface area contributed by atoms with Crippen LogP contribution in [-0.4, -0.2) is 42.3 Å². The minimum atomic E-state index is -4.42. The van der Waals surface area contributed by atoms with Crippen molar-refractivity contribution in [3.63, 3.8) is 0 Å². The summed E-state index contributed by atoms with van der Waals surface area (Å²) in [5, 5.41) is 0. The summed E-state index contributed by atoms with van der Waals surface area (Å²) in [6.07, 6.45) is -2.08. The number of aryl methyl sites for hydroxylation is 1. The van der Waals surface area contributed by atoms with E-state index in [0.717, 1.165) is 43.0 Å². The third-order valence-electron chi connectivity index (χ3n) is 6.92. The van der Waals surface area contributed by atoms with Crippen molar-refractivity contribution >= 4 is 11.8 Å². The zero-order valence-corrected chi connectivity index (χ0v) is 19.2. The van der Waals surface area contributed by atoms with E-state index in [0.29, 0.717) is 18.7 Å². The molecule has 0 bridgehead atoms. The van der Waals surface area contributed by atoms with E-state index in [4.69, 9.17) is 4.74 Å². The maximum atomic E-state index is 13.7. The van der Waals surface area contributed by atoms with Crippen LogP contribution < -0.4 is 4.90 Å². The van der Waals surface area contributed by atoms with Gasteiger partial charge >= 0.3 is 12.3 Å². The Balaban J connectivity index is 1.55. The molecule has 1 saturated heterocycles. The number of carbonyl (C=O) groups is 1. The summed E-state index contributed by atoms with van der Waals surface area (Å²) in [6.45, 7) is 7.65. The van der Waals surface area contributed by atoms with Gasteiger partial charge in [0.2, 0.25) is 0 Å². The fourth-order valence-corrected chi connectivity index (χ4v) is 5.67. The number of alkyl halides is 3. The second-order valence-corrected chi connectivity index (χ2v) is 10.3. The molecule has 0 unspecified atom stereocenters. The Labute approximate surface area is 192 Å². The van der Waals surface area contributed by atoms with E-state index in [1.807, 2.05) is 32.9 Å². The minimum Gasteiger partial charge on any atom is -0.444 e. The molecular weight excluding hydrogens is 429 g/mol. The standard InChI is InChI=1S/C26H29F3N2O2/c1-25(2,3)33-24(32)30-12-10-22-20(15-30)19-14-17(13-16-7-6-11-31(22)23(16)19)18-8-4-5-9-21(18)26(27,28)29/h4-5,8-9,13-14,20,22H,6-7,10-12,15H2,1-3H3/t20-,22-/m0/s1. The highest BCUT2D eigenvalue weighted by molar-refractivity contribution is 5.78. The van der Waals surface area contributed by atoms with Crippen LogP contribution in [0.2, 0.25) is 0 Å². The molecule has 2 aromatic carbocycles. The quantitative estimate of drug-likeness (QED) is 0.508. The van der Waals surface area contributed by atoms with Crippen molar-refractivity contribution < 1.29 is 22.7 Å². The highest BCUT2D eigenvalue weighted by Gasteiger charge is 2.45. The van der Waals surface area contributed by atoms with E-state index in [1.165, 1.54) is 11.8 Å². The maximum absolute atomic E-state index is 13.7. The molecule has 0 spiro atoms. The molecule has 3 aliphatic heterocycles. The Morgan fingerprint density at radius 3 is 2.58 bits per heavy atom. The summed E-state index contributed by atoms with van der Waals surface area (Å²) in [4.78, 5) is 16.9. The van der Waals surface area contributed by atoms with Gasteiger partial charge in [-0.15, -0.1) is 0 Å². The molecule has 5 rings (SSSR count). The van der Waals surface area contributed by atoms with E-state index in [9.17, 15) is 18.0 Å². The molecule has 3 heterocycles. The molecule has 2 atom stereocenters. The van der Waals surface area contributed by atoms with Gasteiger partial charge in [0.15, 0.2) is 0 Å². The van der Waals surface area contributed by atoms with E-state index in [-0.39, 0.29) is 23.6 Å². The van der Waals surface area contributed by atoms with Gasteiger partial charge in [0.1, 0.15) is 5.60 Å². The summed E-state index contributed by atoms with van der Waals surface area (Å²) >= 11 is 0. The molecule has 176 valence electrons. The van der Waals surface area contributed by atoms with Crippen LogP contribution in [-0.2, 0) is 17.3 Å². The van der Waals surface area contributed by atoms with Crippen molar-refractivity contribution in [2.75, 3.05) is 24.5 Å². The Bertz CT molecular complexity index is 1090. The van der Waals surface area contributed by atoms with Crippen LogP contribution in [0, 0.1) is 0 Å². The first-order valence-electron chi connectivity index (χ1n) is 11.6. The van der Waals surface area contributed by atoms with Gasteiger partial charge in [0.05, 0.1) is 5.56 Å². The molecule has 0 N–H and O–H groups in total. The molecule has 0 aliphatic carbocycles. The van der Waals surface area contributed by atoms with Crippen LogP contribution in [0.3, 0.4) is 0 Å². The largest absolute Gasteiger partial charge is 0.444 e. The maximum Gasteiger partial charge on any atom is 0.417 e. The summed E-state index contributed by atoms with van der Waals surface area (Å²) in [7, 11) is 0. The highest BCUT2D eigenvalue weighted by Crippen LogP contribution is 2.50. The van der Waals surface area contributed by atoms with Crippen molar-refractivity contribution in [2.45, 2.75) is 63.8 Å². The van der Waals surface area contributed by atoms with Crippen LogP contribution >= 0.6 is 0 Å². The van der Waals surface area contributed by atoms with Gasteiger partial charge in [-0.2, -0.15) is 13.2 Å². The van der Waals surface area contributed by atoms with E-state index < -0.39 is 17.3 Å². The average Bonchev–Trinajstić information content (AvgIpc) is 3.07. The lowest BCUT2D eigenvalue weighted by Gasteiger charge is -2.40. The van der Waals surface area contributed by atoms with Crippen LogP contribution in [0.15, 0.2) is 36.4 Å². The smallest absolute Gasteiger partial charge is 0.417 e. The van der Waals surface area contributed by atoms with Crippen molar-refractivity contribution in [3.8, 4) is 11.1 Å². The Hall–Kier alpha value is -2.70. The van der Waals surface area contributed by atoms with Crippen LogP contribution in [0.1, 0.15) is 56.2 Å². The van der Waals surface area contributed by atoms with Crippen molar-refractivity contribution in [1.82, 2.24) is 4.90 Å². The number of anilines is 1. The van der Waals surface area contributed by atoms with Gasteiger partial charge in [0, 0.05) is 37.3 Å². The van der Waals surface area contributed by atoms with Crippen molar-refractivity contribution in [2.24, 2.45) is 0 Å². The number of halogens is 3. The molecule has 1 amide bonds. The van der Waals surface area contributed by atoms with Gasteiger partial charge in [0.25, 0.3) is 0 Å². The fraction of sp³-hybridized carbons (Fsp3) is 0.500. The molecule has 4 nitrogen and oxygen atoms in total. The Kier molecular flexibility index (Phi) is 5.14. The minimum absolute atomic E-state index is 0.0658. The second-order valence-electron chi connectivity index (χ2n) is 10.3. The molecule has 2 aromatic rings. The number of fused-ring (bicyclic) bond motifs is 3. The predicted molar refractivity (Wildman–Crippen MR) is 122 cm³/mol. The molecule has 1 fully saturated rings. The topological polar surface area (TPSA) is 32.8 Å². The normalized spacial score (nSPS) is 22.1. The number of ether oxygens (including phenoxy) is 1. The number of carbonyl (C=O) groups excluding carboxylic acids is 1. The van der Waals surface area contributed by atoms with Crippen LogP contribution in [0.4, 0.5) is 23.7 Å². The van der Waals surface area contributed by atoms with E-state index in [1.54, 1.807) is 17.0 Å². The number of rotatable bonds is 1. The van der Waals surface area contributed by atoms with Crippen molar-refractivity contribution in [1.29, 1.82) is 0 Å². The second kappa shape index (κ2) is 7.67. The SMILES string of the molecule is CC(C)(C)OC(=O)N1CC[C@H]2[C@@H](C1)c1cc(-c3ccccc3C(F)(F)F)cc3c1N2CCC3. The molecule has 0 aromatic heterocycles. The van der Waals surface area contributed by atoms with Crippen molar-refractivity contribution in [3.05, 3.63) is 53.1 Å². The predicted octanol–water partition coefficient (Wildman–Crippen LogP) is 6.23. The van der Waals surface area contributed by atoms with Gasteiger partial charge in [-0.1, -0.05) is 18.2 Å². The van der Waals surface area contributed by atoms with Gasteiger partial charge < -0.3 is 14.5 Å². The lowest BCUT2D eigenvalue weighted by Crippen LogP contribution is -2.49. The third kappa shape index (κ3) is 3.96. The van der Waals surface area contributed by atoms with Crippen LogP contribution in [0.25, 0.3) is 11.1 Å². The van der Waals surface area contributed by atoms with Gasteiger partial charge in [-0.3, -0.25) is 0 Å². The molecule has 3 aliphatic rings. The summed E-state index contributed by atoms with van der Waals surface area (Å²) in [5.74, 6) is 0.0658. The van der Waals surface area contributed by atoms with Gasteiger partial charge in [-0.05, 0) is 80.5 Å². The third-order valence-corrected chi connectivity index (χ3v) is 6.92. The van der Waals surface area contributed by atoms with Crippen LogP contribution in [0.5, 0.6) is 0 Å². The molecule has 0 radical (unpaired) electrons. The monoisotopic (exact) mass is 458 g/mol. The summed E-state index contributed by atoms with van der Waals surface area (Å²) in [6, 6.07) is 9.94. The zero-order chi connectivity index (χ0) is 23.5. The number of piperidine rings is 1. The number of hydrogen-bond donors (Lipinski definition) is 0. The van der Waals surface area contributed by atoms with E-state index >= 15 is 0 Å². The Morgan fingerprint density at radius 1 is 1.09 bits per heavy atom. The summed E-state index contributed by atoms with van der Waals surface area (Å²) in [5.41, 5.74) is 2.99. The average molecular weight is 459 g/mol. The summed E-state index contributed by atoms with van der Waals surface area (Å²) < 4.78 is 46.8. The molecular formula is C26H29F3N2O2. The molecule has 7 heteroatoms. The first-order valence-corrected chi connectivity index (χ1v) is 11.6. The number of nitrogens with zero attached hydrogens (tertiary/aromatic N) is 2. The molecule has 0 saturated carbocycles. The fourth-order valence-electron chi connectivity index (χ4n) is 5.67. The zero-order valence-electron chi connectivity index (χ0n) is 19.2. The number of amides is 1. The first kappa shape index (κ1) is 22.1. The number of likely N-dealkylation sites (tertiary alicyclic amines) is 1. The highest BCUT2D eigenvalue weighted by atomic mass is 19.4.